The van der Waals surface area contributed by atoms with Crippen LogP contribution in [0.4, 0.5) is 0 Å². The highest BCUT2D eigenvalue weighted by Gasteiger charge is 2.43. The van der Waals surface area contributed by atoms with E-state index in [1.807, 2.05) is 0 Å². The zero-order chi connectivity index (χ0) is 24.4. The summed E-state index contributed by atoms with van der Waals surface area (Å²) in [6.07, 6.45) is 7.40. The molecule has 2 rings (SSSR count). The summed E-state index contributed by atoms with van der Waals surface area (Å²) >= 11 is 0. The van der Waals surface area contributed by atoms with Gasteiger partial charge in [0.15, 0.2) is 0 Å². The zero-order valence-electron chi connectivity index (χ0n) is 23.6. The first-order chi connectivity index (χ1) is 14.6. The van der Waals surface area contributed by atoms with Gasteiger partial charge in [0.2, 0.25) is 0 Å². The molecule has 32 heavy (non-hydrogen) atoms. The number of rotatable bonds is 10. The van der Waals surface area contributed by atoms with E-state index in [1.54, 1.807) is 0 Å². The number of hydrogen-bond donors (Lipinski definition) is 2. The third-order valence-electron chi connectivity index (χ3n) is 8.91. The summed E-state index contributed by atoms with van der Waals surface area (Å²) < 4.78 is 0. The molecule has 0 saturated carbocycles. The molecule has 2 N–H and O–H groups in total. The van der Waals surface area contributed by atoms with Crippen LogP contribution in [0.1, 0.15) is 93.9 Å². The SMILES string of the molecule is CN(CCCNC1CC(C)(C)N(C)C(C)(C)C1)CCCNC1CC(C)(C)N(C)C(C)(C)C1. The Labute approximate surface area is 201 Å². The summed E-state index contributed by atoms with van der Waals surface area (Å²) in [6, 6.07) is 1.27. The molecule has 0 aromatic carbocycles. The second kappa shape index (κ2) is 10.6. The number of nitrogens with zero attached hydrogens (tertiary/aromatic N) is 3. The fraction of sp³-hybridized carbons (Fsp3) is 1.00. The minimum Gasteiger partial charge on any atom is -0.314 e. The Morgan fingerprint density at radius 3 is 1.19 bits per heavy atom. The topological polar surface area (TPSA) is 33.8 Å². The summed E-state index contributed by atoms with van der Waals surface area (Å²) in [6.45, 7) is 23.7. The Balaban J connectivity index is 1.60. The van der Waals surface area contributed by atoms with Gasteiger partial charge in [-0.2, -0.15) is 0 Å². The van der Waals surface area contributed by atoms with Crippen LogP contribution in [0.25, 0.3) is 0 Å². The maximum absolute atomic E-state index is 3.87. The monoisotopic (exact) mass is 451 g/mol. The van der Waals surface area contributed by atoms with Crippen LogP contribution in [0.5, 0.6) is 0 Å². The van der Waals surface area contributed by atoms with Gasteiger partial charge in [0.25, 0.3) is 0 Å². The average molecular weight is 452 g/mol. The lowest BCUT2D eigenvalue weighted by Gasteiger charge is -2.54. The molecule has 0 aromatic rings. The quantitative estimate of drug-likeness (QED) is 0.487. The van der Waals surface area contributed by atoms with E-state index in [-0.39, 0.29) is 22.2 Å². The molecule has 0 spiro atoms. The van der Waals surface area contributed by atoms with E-state index in [0.29, 0.717) is 12.1 Å². The molecule has 0 aliphatic carbocycles. The second-order valence-electron chi connectivity index (χ2n) is 13.5. The normalized spacial score (nSPS) is 26.6. The van der Waals surface area contributed by atoms with Crippen molar-refractivity contribution in [3.05, 3.63) is 0 Å². The lowest BCUT2D eigenvalue weighted by Crippen LogP contribution is -2.62. The molecular formula is C27H57N5. The van der Waals surface area contributed by atoms with Gasteiger partial charge in [0.05, 0.1) is 0 Å². The predicted octanol–water partition coefficient (Wildman–Crippen LogP) is 4.18. The third kappa shape index (κ3) is 7.40. The Bertz CT molecular complexity index is 497. The van der Waals surface area contributed by atoms with Gasteiger partial charge in [0.1, 0.15) is 0 Å². The number of likely N-dealkylation sites (tertiary alicyclic amines) is 2. The fourth-order valence-corrected chi connectivity index (χ4v) is 6.45. The lowest BCUT2D eigenvalue weighted by molar-refractivity contribution is -0.0182. The summed E-state index contributed by atoms with van der Waals surface area (Å²) in [5, 5.41) is 7.74. The van der Waals surface area contributed by atoms with Crippen molar-refractivity contribution in [3.8, 4) is 0 Å². The van der Waals surface area contributed by atoms with Crippen LogP contribution >= 0.6 is 0 Å². The first-order valence-electron chi connectivity index (χ1n) is 13.2. The summed E-state index contributed by atoms with van der Waals surface area (Å²) in [4.78, 5) is 7.63. The van der Waals surface area contributed by atoms with E-state index in [4.69, 9.17) is 0 Å². The molecule has 2 heterocycles. The van der Waals surface area contributed by atoms with E-state index in [9.17, 15) is 0 Å². The molecule has 0 radical (unpaired) electrons. The Morgan fingerprint density at radius 1 is 0.625 bits per heavy atom. The maximum Gasteiger partial charge on any atom is 0.0170 e. The van der Waals surface area contributed by atoms with Gasteiger partial charge in [-0.05, 0) is 141 Å². The van der Waals surface area contributed by atoms with E-state index in [2.05, 4.69) is 102 Å². The second-order valence-corrected chi connectivity index (χ2v) is 13.5. The lowest BCUT2D eigenvalue weighted by atomic mass is 9.77. The van der Waals surface area contributed by atoms with Crippen LogP contribution in [0.2, 0.25) is 0 Å². The van der Waals surface area contributed by atoms with Crippen molar-refractivity contribution in [1.82, 2.24) is 25.3 Å². The first kappa shape index (κ1) is 28.0. The smallest absolute Gasteiger partial charge is 0.0170 e. The first-order valence-corrected chi connectivity index (χ1v) is 13.2. The van der Waals surface area contributed by atoms with Gasteiger partial charge in [-0.3, -0.25) is 9.80 Å². The highest BCUT2D eigenvalue weighted by Crippen LogP contribution is 2.37. The van der Waals surface area contributed by atoms with Crippen molar-refractivity contribution in [3.63, 3.8) is 0 Å². The maximum atomic E-state index is 3.87. The average Bonchev–Trinajstić information content (AvgIpc) is 2.64. The number of hydrogen-bond acceptors (Lipinski definition) is 5. The van der Waals surface area contributed by atoms with Crippen molar-refractivity contribution < 1.29 is 0 Å². The molecule has 5 nitrogen and oxygen atoms in total. The van der Waals surface area contributed by atoms with Crippen molar-refractivity contribution in [2.45, 2.75) is 128 Å². The Hall–Kier alpha value is -0.200. The standard InChI is InChI=1S/C27H57N5/c1-24(2)18-22(19-25(3,4)31(24)10)28-14-12-16-30(9)17-13-15-29-23-20-26(5,6)32(11)27(7,8)21-23/h22-23,28-29H,12-21H2,1-11H3. The van der Waals surface area contributed by atoms with Gasteiger partial charge >= 0.3 is 0 Å². The minimum atomic E-state index is 0.265. The highest BCUT2D eigenvalue weighted by molar-refractivity contribution is 5.01. The minimum absolute atomic E-state index is 0.265. The molecule has 2 saturated heterocycles. The van der Waals surface area contributed by atoms with E-state index < -0.39 is 0 Å². The van der Waals surface area contributed by atoms with Crippen molar-refractivity contribution in [1.29, 1.82) is 0 Å². The van der Waals surface area contributed by atoms with Gasteiger partial charge in [0, 0.05) is 34.2 Å². The van der Waals surface area contributed by atoms with Gasteiger partial charge in [-0.1, -0.05) is 0 Å². The molecule has 0 atom stereocenters. The molecular weight excluding hydrogens is 394 g/mol. The van der Waals surface area contributed by atoms with Crippen molar-refractivity contribution in [2.24, 2.45) is 0 Å². The number of nitrogens with one attached hydrogen (secondary N) is 2. The molecule has 2 fully saturated rings. The highest BCUT2D eigenvalue weighted by atomic mass is 15.3. The molecule has 0 amide bonds. The van der Waals surface area contributed by atoms with E-state index in [0.717, 1.165) is 13.1 Å². The van der Waals surface area contributed by atoms with Gasteiger partial charge in [-0.15, -0.1) is 0 Å². The van der Waals surface area contributed by atoms with Gasteiger partial charge in [-0.25, -0.2) is 0 Å². The van der Waals surface area contributed by atoms with E-state index in [1.165, 1.54) is 51.6 Å². The Morgan fingerprint density at radius 2 is 0.906 bits per heavy atom. The molecule has 0 aromatic heterocycles. The molecule has 190 valence electrons. The van der Waals surface area contributed by atoms with Crippen LogP contribution in [0.15, 0.2) is 0 Å². The van der Waals surface area contributed by atoms with Crippen molar-refractivity contribution >= 4 is 0 Å². The van der Waals surface area contributed by atoms with Gasteiger partial charge < -0.3 is 15.5 Å². The predicted molar refractivity (Wildman–Crippen MR) is 141 cm³/mol. The number of piperidine rings is 2. The molecule has 0 bridgehead atoms. The molecule has 2 aliphatic heterocycles. The van der Waals surface area contributed by atoms with E-state index >= 15 is 0 Å². The van der Waals surface area contributed by atoms with Crippen molar-refractivity contribution in [2.75, 3.05) is 47.3 Å². The Kier molecular flexibility index (Phi) is 9.29. The van der Waals surface area contributed by atoms with Crippen LogP contribution < -0.4 is 10.6 Å². The zero-order valence-corrected chi connectivity index (χ0v) is 23.6. The summed E-state index contributed by atoms with van der Waals surface area (Å²) in [5.41, 5.74) is 1.06. The van der Waals surface area contributed by atoms with Crippen LogP contribution in [0, 0.1) is 0 Å². The summed E-state index contributed by atoms with van der Waals surface area (Å²) in [5.74, 6) is 0. The molecule has 2 aliphatic rings. The molecule has 0 unspecified atom stereocenters. The molecule has 5 heteroatoms. The van der Waals surface area contributed by atoms with Crippen LogP contribution in [0.3, 0.4) is 0 Å². The van der Waals surface area contributed by atoms with Crippen LogP contribution in [-0.2, 0) is 0 Å². The fourth-order valence-electron chi connectivity index (χ4n) is 6.45. The summed E-state index contributed by atoms with van der Waals surface area (Å²) in [7, 11) is 6.85. The third-order valence-corrected chi connectivity index (χ3v) is 8.91. The van der Waals surface area contributed by atoms with Crippen LogP contribution in [-0.4, -0.2) is 96.3 Å². The largest absolute Gasteiger partial charge is 0.314 e.